The minimum Gasteiger partial charge on any atom is -0.348 e. The lowest BCUT2D eigenvalue weighted by atomic mass is 10.00. The first-order valence-corrected chi connectivity index (χ1v) is 7.72. The van der Waals surface area contributed by atoms with Crippen molar-refractivity contribution in [2.24, 2.45) is 5.92 Å². The second-order valence-corrected chi connectivity index (χ2v) is 5.93. The lowest BCUT2D eigenvalue weighted by molar-refractivity contribution is -0.120. The number of hydrogen-bond donors (Lipinski definition) is 2. The predicted molar refractivity (Wildman–Crippen MR) is 86.1 cm³/mol. The normalized spacial score (nSPS) is 15.9. The molecule has 1 amide bonds. The Balaban J connectivity index is 1.62. The molecule has 2 aromatic rings. The minimum absolute atomic E-state index is 0.0197. The van der Waals surface area contributed by atoms with E-state index in [9.17, 15) is 4.79 Å². The maximum atomic E-state index is 12.0. The fourth-order valence-corrected chi connectivity index (χ4v) is 2.71. The number of rotatable bonds is 6. The van der Waals surface area contributed by atoms with E-state index < -0.39 is 0 Å². The third-order valence-corrected chi connectivity index (χ3v) is 4.08. The number of carbonyl (C=O) groups excluding carboxylic acids is 1. The third-order valence-electron chi connectivity index (χ3n) is 4.08. The number of fused-ring (bicyclic) bond motifs is 1. The summed E-state index contributed by atoms with van der Waals surface area (Å²) in [5.41, 5.74) is 1.17. The summed E-state index contributed by atoms with van der Waals surface area (Å²) in [5.74, 6) is 0.865. The molecule has 0 heterocycles. The monoisotopic (exact) mass is 282 g/mol. The molecule has 2 N–H and O–H groups in total. The van der Waals surface area contributed by atoms with Gasteiger partial charge < -0.3 is 10.6 Å². The second-order valence-electron chi connectivity index (χ2n) is 5.93. The van der Waals surface area contributed by atoms with E-state index in [1.807, 2.05) is 25.1 Å². The maximum Gasteiger partial charge on any atom is 0.234 e. The Hall–Kier alpha value is -1.87. The van der Waals surface area contributed by atoms with E-state index in [-0.39, 0.29) is 11.9 Å². The van der Waals surface area contributed by atoms with Crippen molar-refractivity contribution < 1.29 is 4.79 Å². The average Bonchev–Trinajstić information content (AvgIpc) is 3.30. The Labute approximate surface area is 125 Å². The molecule has 3 rings (SSSR count). The van der Waals surface area contributed by atoms with E-state index in [1.54, 1.807) is 0 Å². The van der Waals surface area contributed by atoms with Gasteiger partial charge in [0, 0.05) is 0 Å². The van der Waals surface area contributed by atoms with Gasteiger partial charge in [0.2, 0.25) is 5.91 Å². The summed E-state index contributed by atoms with van der Waals surface area (Å²) in [6.45, 7) is 3.42. The quantitative estimate of drug-likeness (QED) is 0.855. The molecule has 0 radical (unpaired) electrons. The van der Waals surface area contributed by atoms with Gasteiger partial charge in [-0.15, -0.1) is 0 Å². The molecule has 0 saturated heterocycles. The van der Waals surface area contributed by atoms with Crippen molar-refractivity contribution in [2.75, 3.05) is 13.1 Å². The zero-order valence-electron chi connectivity index (χ0n) is 12.4. The Bertz CT molecular complexity index is 629. The first kappa shape index (κ1) is 14.1. The third kappa shape index (κ3) is 3.61. The SMILES string of the molecule is CC(NC(=O)CNCC1CC1)c1cccc2ccccc12. The van der Waals surface area contributed by atoms with Crippen molar-refractivity contribution in [3.05, 3.63) is 48.0 Å². The molecular weight excluding hydrogens is 260 g/mol. The first-order valence-electron chi connectivity index (χ1n) is 7.72. The maximum absolute atomic E-state index is 12.0. The van der Waals surface area contributed by atoms with Gasteiger partial charge in [-0.3, -0.25) is 4.79 Å². The highest BCUT2D eigenvalue weighted by Gasteiger charge is 2.20. The van der Waals surface area contributed by atoms with Crippen LogP contribution in [0.3, 0.4) is 0 Å². The van der Waals surface area contributed by atoms with Gasteiger partial charge >= 0.3 is 0 Å². The molecule has 110 valence electrons. The van der Waals surface area contributed by atoms with E-state index in [1.165, 1.54) is 29.2 Å². The Morgan fingerprint density at radius 1 is 1.19 bits per heavy atom. The lowest BCUT2D eigenvalue weighted by Gasteiger charge is -2.17. The smallest absolute Gasteiger partial charge is 0.234 e. The molecular formula is C18H22N2O. The molecule has 1 aliphatic rings. The van der Waals surface area contributed by atoms with Gasteiger partial charge in [-0.05, 0) is 48.6 Å². The number of nitrogens with one attached hydrogen (secondary N) is 2. The molecule has 0 aliphatic heterocycles. The number of carbonyl (C=O) groups is 1. The molecule has 1 atom stereocenters. The second kappa shape index (κ2) is 6.27. The van der Waals surface area contributed by atoms with Crippen molar-refractivity contribution in [1.29, 1.82) is 0 Å². The van der Waals surface area contributed by atoms with Gasteiger partial charge in [-0.25, -0.2) is 0 Å². The summed E-state index contributed by atoms with van der Waals surface area (Å²) in [5, 5.41) is 8.73. The molecule has 1 fully saturated rings. The van der Waals surface area contributed by atoms with E-state index in [0.717, 1.165) is 12.5 Å². The van der Waals surface area contributed by atoms with E-state index >= 15 is 0 Å². The number of hydrogen-bond acceptors (Lipinski definition) is 2. The molecule has 0 spiro atoms. The topological polar surface area (TPSA) is 41.1 Å². The van der Waals surface area contributed by atoms with Crippen LogP contribution in [0.25, 0.3) is 10.8 Å². The van der Waals surface area contributed by atoms with Gasteiger partial charge in [0.25, 0.3) is 0 Å². The molecule has 21 heavy (non-hydrogen) atoms. The summed E-state index contributed by atoms with van der Waals surface area (Å²) in [7, 11) is 0. The van der Waals surface area contributed by atoms with Gasteiger partial charge in [0.05, 0.1) is 12.6 Å². The molecule has 1 aliphatic carbocycles. The van der Waals surface area contributed by atoms with Crippen molar-refractivity contribution in [2.45, 2.75) is 25.8 Å². The molecule has 3 nitrogen and oxygen atoms in total. The van der Waals surface area contributed by atoms with Crippen LogP contribution in [-0.2, 0) is 4.79 Å². The fraction of sp³-hybridized carbons (Fsp3) is 0.389. The summed E-state index contributed by atoms with van der Waals surface area (Å²) < 4.78 is 0. The van der Waals surface area contributed by atoms with Crippen molar-refractivity contribution in [1.82, 2.24) is 10.6 Å². The molecule has 2 aromatic carbocycles. The van der Waals surface area contributed by atoms with Gasteiger partial charge in [-0.2, -0.15) is 0 Å². The fourth-order valence-electron chi connectivity index (χ4n) is 2.71. The minimum atomic E-state index is 0.0197. The highest BCUT2D eigenvalue weighted by molar-refractivity contribution is 5.87. The highest BCUT2D eigenvalue weighted by Crippen LogP contribution is 2.27. The van der Waals surface area contributed by atoms with Crippen LogP contribution < -0.4 is 10.6 Å². The largest absolute Gasteiger partial charge is 0.348 e. The van der Waals surface area contributed by atoms with E-state index in [0.29, 0.717) is 6.54 Å². The molecule has 3 heteroatoms. The molecule has 0 aromatic heterocycles. The van der Waals surface area contributed by atoms with Crippen LogP contribution in [-0.4, -0.2) is 19.0 Å². The van der Waals surface area contributed by atoms with Crippen LogP contribution in [0.2, 0.25) is 0 Å². The van der Waals surface area contributed by atoms with Gasteiger partial charge in [0.1, 0.15) is 0 Å². The Morgan fingerprint density at radius 2 is 1.95 bits per heavy atom. The number of benzene rings is 2. The van der Waals surface area contributed by atoms with Gasteiger partial charge in [-0.1, -0.05) is 42.5 Å². The summed E-state index contributed by atoms with van der Waals surface area (Å²) >= 11 is 0. The predicted octanol–water partition coefficient (Wildman–Crippen LogP) is 3.02. The van der Waals surface area contributed by atoms with E-state index in [4.69, 9.17) is 0 Å². The van der Waals surface area contributed by atoms with Crippen LogP contribution in [0.4, 0.5) is 0 Å². The lowest BCUT2D eigenvalue weighted by Crippen LogP contribution is -2.36. The zero-order valence-corrected chi connectivity index (χ0v) is 12.4. The Kier molecular flexibility index (Phi) is 4.20. The van der Waals surface area contributed by atoms with Crippen LogP contribution in [0, 0.1) is 5.92 Å². The average molecular weight is 282 g/mol. The standard InChI is InChI=1S/C18H22N2O/c1-13(20-18(21)12-19-11-14-9-10-14)16-8-4-6-15-5-2-3-7-17(15)16/h2-8,13-14,19H,9-12H2,1H3,(H,20,21). The van der Waals surface area contributed by atoms with Crippen LogP contribution >= 0.6 is 0 Å². The Morgan fingerprint density at radius 3 is 2.76 bits per heavy atom. The first-order chi connectivity index (χ1) is 10.2. The van der Waals surface area contributed by atoms with Crippen LogP contribution in [0.15, 0.2) is 42.5 Å². The van der Waals surface area contributed by atoms with Crippen molar-refractivity contribution in [3.8, 4) is 0 Å². The summed E-state index contributed by atoms with van der Waals surface area (Å²) in [6.07, 6.45) is 2.61. The van der Waals surface area contributed by atoms with Gasteiger partial charge in [0.15, 0.2) is 0 Å². The van der Waals surface area contributed by atoms with Crippen molar-refractivity contribution in [3.63, 3.8) is 0 Å². The molecule has 1 unspecified atom stereocenters. The van der Waals surface area contributed by atoms with Crippen LogP contribution in [0.1, 0.15) is 31.4 Å². The molecule has 1 saturated carbocycles. The number of amides is 1. The summed E-state index contributed by atoms with van der Waals surface area (Å²) in [4.78, 5) is 12.0. The molecule has 0 bridgehead atoms. The van der Waals surface area contributed by atoms with Crippen molar-refractivity contribution >= 4 is 16.7 Å². The zero-order chi connectivity index (χ0) is 14.7. The van der Waals surface area contributed by atoms with E-state index in [2.05, 4.69) is 34.9 Å². The van der Waals surface area contributed by atoms with Crippen LogP contribution in [0.5, 0.6) is 0 Å². The highest BCUT2D eigenvalue weighted by atomic mass is 16.1. The summed E-state index contributed by atoms with van der Waals surface area (Å²) in [6, 6.07) is 14.5.